The van der Waals surface area contributed by atoms with Crippen LogP contribution in [0.15, 0.2) is 24.3 Å². The summed E-state index contributed by atoms with van der Waals surface area (Å²) in [5.41, 5.74) is 4.74. The first-order chi connectivity index (χ1) is 11.7. The summed E-state index contributed by atoms with van der Waals surface area (Å²) < 4.78 is 4.22. The number of likely N-dealkylation sites (tertiary alicyclic amines) is 1. The fourth-order valence-electron chi connectivity index (χ4n) is 3.98. The SMILES string of the molecule is CC(=O)c1c(C)nn2c3ccccc3n(CCN3CCCCC3)c12. The number of hydrogen-bond acceptors (Lipinski definition) is 3. The summed E-state index contributed by atoms with van der Waals surface area (Å²) >= 11 is 0. The Morgan fingerprint density at radius 1 is 1.08 bits per heavy atom. The third-order valence-electron chi connectivity index (χ3n) is 5.13. The second-order valence-corrected chi connectivity index (χ2v) is 6.79. The van der Waals surface area contributed by atoms with Gasteiger partial charge in [0.25, 0.3) is 0 Å². The highest BCUT2D eigenvalue weighted by atomic mass is 16.1. The van der Waals surface area contributed by atoms with E-state index in [2.05, 4.69) is 32.8 Å². The number of imidazole rings is 1. The van der Waals surface area contributed by atoms with Gasteiger partial charge in [-0.25, -0.2) is 4.52 Å². The van der Waals surface area contributed by atoms with Crippen LogP contribution in [0.25, 0.3) is 16.7 Å². The molecule has 0 aliphatic carbocycles. The molecule has 4 rings (SSSR count). The monoisotopic (exact) mass is 324 g/mol. The molecule has 0 amide bonds. The van der Waals surface area contributed by atoms with E-state index < -0.39 is 0 Å². The highest BCUT2D eigenvalue weighted by Gasteiger charge is 2.21. The van der Waals surface area contributed by atoms with Crippen molar-refractivity contribution < 1.29 is 4.79 Å². The topological polar surface area (TPSA) is 42.5 Å². The summed E-state index contributed by atoms with van der Waals surface area (Å²) in [4.78, 5) is 14.7. The molecule has 126 valence electrons. The van der Waals surface area contributed by atoms with Crippen LogP contribution in [0.4, 0.5) is 0 Å². The molecule has 0 spiro atoms. The molecule has 5 nitrogen and oxygen atoms in total. The third kappa shape index (κ3) is 2.44. The molecule has 3 aromatic rings. The fraction of sp³-hybridized carbons (Fsp3) is 0.474. The fourth-order valence-corrected chi connectivity index (χ4v) is 3.98. The van der Waals surface area contributed by atoms with Gasteiger partial charge in [-0.15, -0.1) is 0 Å². The molecule has 5 heteroatoms. The second kappa shape index (κ2) is 6.06. The lowest BCUT2D eigenvalue weighted by atomic mass is 10.1. The van der Waals surface area contributed by atoms with E-state index in [4.69, 9.17) is 0 Å². The summed E-state index contributed by atoms with van der Waals surface area (Å²) in [6, 6.07) is 8.29. The van der Waals surface area contributed by atoms with E-state index in [0.29, 0.717) is 0 Å². The molecular weight excluding hydrogens is 300 g/mol. The van der Waals surface area contributed by atoms with Crippen molar-refractivity contribution in [3.8, 4) is 0 Å². The molecule has 3 heterocycles. The lowest BCUT2D eigenvalue weighted by Gasteiger charge is -2.26. The predicted molar refractivity (Wildman–Crippen MR) is 95.7 cm³/mol. The van der Waals surface area contributed by atoms with Crippen molar-refractivity contribution in [2.75, 3.05) is 19.6 Å². The van der Waals surface area contributed by atoms with Gasteiger partial charge in [0.1, 0.15) is 5.65 Å². The minimum atomic E-state index is 0.0875. The number of ketones is 1. The standard InChI is InChI=1S/C19H24N4O/c1-14-18(15(2)24)19-22(13-12-21-10-6-3-7-11-21)16-8-4-5-9-17(16)23(19)20-14/h4-5,8-9H,3,6-7,10-13H2,1-2H3. The number of rotatable bonds is 4. The van der Waals surface area contributed by atoms with Gasteiger partial charge in [-0.3, -0.25) is 4.79 Å². The summed E-state index contributed by atoms with van der Waals surface area (Å²) in [7, 11) is 0. The molecule has 0 N–H and O–H groups in total. The highest BCUT2D eigenvalue weighted by Crippen LogP contribution is 2.26. The average molecular weight is 324 g/mol. The molecule has 0 unspecified atom stereocenters. The molecule has 1 saturated heterocycles. The van der Waals surface area contributed by atoms with E-state index in [-0.39, 0.29) is 5.78 Å². The minimum absolute atomic E-state index is 0.0875. The van der Waals surface area contributed by atoms with Crippen LogP contribution in [-0.2, 0) is 6.54 Å². The summed E-state index contributed by atoms with van der Waals surface area (Å²) in [6.07, 6.45) is 3.95. The van der Waals surface area contributed by atoms with Gasteiger partial charge >= 0.3 is 0 Å². The Kier molecular flexibility index (Phi) is 3.88. The van der Waals surface area contributed by atoms with E-state index in [1.165, 1.54) is 32.4 Å². The van der Waals surface area contributed by atoms with Crippen molar-refractivity contribution >= 4 is 22.5 Å². The smallest absolute Gasteiger partial charge is 0.165 e. The lowest BCUT2D eigenvalue weighted by Crippen LogP contribution is -2.32. The maximum absolute atomic E-state index is 12.2. The molecule has 1 aliphatic heterocycles. The van der Waals surface area contributed by atoms with Gasteiger partial charge in [-0.05, 0) is 51.9 Å². The first-order valence-corrected chi connectivity index (χ1v) is 8.86. The van der Waals surface area contributed by atoms with Gasteiger partial charge in [0.15, 0.2) is 5.78 Å². The van der Waals surface area contributed by atoms with Crippen molar-refractivity contribution in [3.63, 3.8) is 0 Å². The van der Waals surface area contributed by atoms with Crippen molar-refractivity contribution in [2.45, 2.75) is 39.7 Å². The highest BCUT2D eigenvalue weighted by molar-refractivity contribution is 6.03. The Balaban J connectivity index is 1.82. The van der Waals surface area contributed by atoms with Crippen LogP contribution < -0.4 is 0 Å². The Morgan fingerprint density at radius 3 is 2.50 bits per heavy atom. The van der Waals surface area contributed by atoms with Crippen molar-refractivity contribution in [1.29, 1.82) is 0 Å². The number of piperidine rings is 1. The number of carbonyl (C=O) groups excluding carboxylic acids is 1. The van der Waals surface area contributed by atoms with E-state index in [1.54, 1.807) is 6.92 Å². The normalized spacial score (nSPS) is 16.2. The van der Waals surface area contributed by atoms with E-state index in [1.807, 2.05) is 17.5 Å². The van der Waals surface area contributed by atoms with Crippen molar-refractivity contribution in [2.24, 2.45) is 0 Å². The number of carbonyl (C=O) groups is 1. The number of nitrogens with zero attached hydrogens (tertiary/aromatic N) is 4. The van der Waals surface area contributed by atoms with Gasteiger partial charge in [0, 0.05) is 13.1 Å². The number of para-hydroxylation sites is 2. The maximum atomic E-state index is 12.2. The Morgan fingerprint density at radius 2 is 1.79 bits per heavy atom. The number of aryl methyl sites for hydroxylation is 1. The largest absolute Gasteiger partial charge is 0.322 e. The zero-order valence-corrected chi connectivity index (χ0v) is 14.5. The Hall–Kier alpha value is -2.14. The molecule has 1 aliphatic rings. The van der Waals surface area contributed by atoms with Crippen LogP contribution in [0.1, 0.15) is 42.2 Å². The van der Waals surface area contributed by atoms with Crippen LogP contribution in [-0.4, -0.2) is 44.5 Å². The quantitative estimate of drug-likeness (QED) is 0.692. The van der Waals surface area contributed by atoms with Crippen LogP contribution in [0, 0.1) is 6.92 Å². The van der Waals surface area contributed by atoms with Crippen molar-refractivity contribution in [3.05, 3.63) is 35.5 Å². The first-order valence-electron chi connectivity index (χ1n) is 8.86. The third-order valence-corrected chi connectivity index (χ3v) is 5.13. The van der Waals surface area contributed by atoms with Crippen LogP contribution >= 0.6 is 0 Å². The predicted octanol–water partition coefficient (Wildman–Crippen LogP) is 3.29. The van der Waals surface area contributed by atoms with Crippen LogP contribution in [0.3, 0.4) is 0 Å². The van der Waals surface area contributed by atoms with Crippen LogP contribution in [0.2, 0.25) is 0 Å². The number of hydrogen-bond donors (Lipinski definition) is 0. The van der Waals surface area contributed by atoms with E-state index in [9.17, 15) is 4.79 Å². The molecule has 1 fully saturated rings. The zero-order valence-electron chi connectivity index (χ0n) is 14.5. The molecule has 1 aromatic carbocycles. The zero-order chi connectivity index (χ0) is 16.7. The first kappa shape index (κ1) is 15.4. The molecule has 0 saturated carbocycles. The summed E-state index contributed by atoms with van der Waals surface area (Å²) in [5.74, 6) is 0.0875. The number of fused-ring (bicyclic) bond motifs is 3. The van der Waals surface area contributed by atoms with Gasteiger partial charge < -0.3 is 9.47 Å². The number of Topliss-reactive ketones (excluding diaryl/α,β-unsaturated/α-hetero) is 1. The molecule has 0 radical (unpaired) electrons. The van der Waals surface area contributed by atoms with Gasteiger partial charge in [-0.2, -0.15) is 5.10 Å². The number of benzene rings is 1. The Labute approximate surface area is 141 Å². The van der Waals surface area contributed by atoms with Crippen LogP contribution in [0.5, 0.6) is 0 Å². The average Bonchev–Trinajstić information content (AvgIpc) is 3.07. The molecule has 2 aromatic heterocycles. The molecule has 0 bridgehead atoms. The van der Waals surface area contributed by atoms with Gasteiger partial charge in [-0.1, -0.05) is 18.6 Å². The number of aromatic nitrogens is 3. The molecule has 0 atom stereocenters. The lowest BCUT2D eigenvalue weighted by molar-refractivity contribution is 0.101. The molecule has 24 heavy (non-hydrogen) atoms. The molecular formula is C19H24N4O. The summed E-state index contributed by atoms with van der Waals surface area (Å²) in [6.45, 7) is 7.85. The van der Waals surface area contributed by atoms with E-state index in [0.717, 1.165) is 41.0 Å². The van der Waals surface area contributed by atoms with E-state index >= 15 is 0 Å². The van der Waals surface area contributed by atoms with Gasteiger partial charge in [0.2, 0.25) is 0 Å². The minimum Gasteiger partial charge on any atom is -0.322 e. The maximum Gasteiger partial charge on any atom is 0.165 e. The van der Waals surface area contributed by atoms with Crippen molar-refractivity contribution in [1.82, 2.24) is 19.1 Å². The van der Waals surface area contributed by atoms with Gasteiger partial charge in [0.05, 0.1) is 22.3 Å². The summed E-state index contributed by atoms with van der Waals surface area (Å²) in [5, 5.41) is 4.64. The second-order valence-electron chi connectivity index (χ2n) is 6.79. The Bertz CT molecular complexity index is 899.